The zero-order valence-electron chi connectivity index (χ0n) is 12.4. The van der Waals surface area contributed by atoms with Gasteiger partial charge in [-0.3, -0.25) is 5.32 Å². The number of urea groups is 1. The predicted octanol–water partition coefficient (Wildman–Crippen LogP) is 1.76. The number of aryl methyl sites for hydroxylation is 1. The van der Waals surface area contributed by atoms with Crippen LogP contribution in [0.3, 0.4) is 0 Å². The second kappa shape index (κ2) is 7.78. The van der Waals surface area contributed by atoms with Gasteiger partial charge < -0.3 is 20.2 Å². The molecular formula is C14H17N5O4. The number of carboxylic acid groups (broad SMARTS) is 1. The molecule has 0 aliphatic heterocycles. The number of nitrogens with zero attached hydrogens (tertiary/aromatic N) is 2. The summed E-state index contributed by atoms with van der Waals surface area (Å²) >= 11 is 0. The molecule has 3 amide bonds. The topological polar surface area (TPSA) is 129 Å². The van der Waals surface area contributed by atoms with Gasteiger partial charge in [0.1, 0.15) is 6.04 Å². The first-order chi connectivity index (χ1) is 11.1. The molecule has 0 fully saturated rings. The van der Waals surface area contributed by atoms with Gasteiger partial charge in [-0.2, -0.15) is 0 Å². The van der Waals surface area contributed by atoms with Gasteiger partial charge in [-0.1, -0.05) is 35.4 Å². The molecule has 1 heterocycles. The third-order valence-corrected chi connectivity index (χ3v) is 3.05. The van der Waals surface area contributed by atoms with Crippen molar-refractivity contribution in [3.05, 3.63) is 41.8 Å². The van der Waals surface area contributed by atoms with Crippen molar-refractivity contribution in [2.24, 2.45) is 0 Å². The Hall–Kier alpha value is -3.10. The number of rotatable bonds is 6. The third-order valence-electron chi connectivity index (χ3n) is 3.05. The van der Waals surface area contributed by atoms with Crippen LogP contribution in [0.2, 0.25) is 0 Å². The fourth-order valence-electron chi connectivity index (χ4n) is 1.95. The lowest BCUT2D eigenvalue weighted by Crippen LogP contribution is -2.27. The Balaban J connectivity index is 2.05. The molecule has 0 spiro atoms. The highest BCUT2D eigenvalue weighted by molar-refractivity contribution is 5.86. The lowest BCUT2D eigenvalue weighted by Gasteiger charge is -2.12. The fraction of sp³-hybridized carbons (Fsp3) is 0.286. The van der Waals surface area contributed by atoms with Crippen molar-refractivity contribution in [3.8, 4) is 0 Å². The lowest BCUT2D eigenvalue weighted by atomic mass is 10.1. The molecule has 23 heavy (non-hydrogen) atoms. The summed E-state index contributed by atoms with van der Waals surface area (Å²) < 4.78 is 5.29. The maximum absolute atomic E-state index is 11.2. The number of hydrogen-bond donors (Lipinski definition) is 4. The lowest BCUT2D eigenvalue weighted by molar-refractivity contribution is 0.186. The van der Waals surface area contributed by atoms with Crippen molar-refractivity contribution in [2.75, 3.05) is 12.4 Å². The standard InChI is InChI=1S/C14H17N5O4/c1-15-12(20)17-13-19-18-11(23-13)10(16-14(21)22)8-7-9-5-3-2-4-6-9/h2-6,10,16H,7-8H2,1H3,(H,21,22)(H2,15,17,19,20). The smallest absolute Gasteiger partial charge is 0.405 e. The minimum Gasteiger partial charge on any atom is -0.465 e. The van der Waals surface area contributed by atoms with Crippen LogP contribution < -0.4 is 16.0 Å². The van der Waals surface area contributed by atoms with Gasteiger partial charge in [0.05, 0.1) is 0 Å². The van der Waals surface area contributed by atoms with E-state index in [0.29, 0.717) is 12.8 Å². The van der Waals surface area contributed by atoms with E-state index in [1.807, 2.05) is 30.3 Å². The van der Waals surface area contributed by atoms with E-state index in [1.165, 1.54) is 7.05 Å². The molecule has 1 atom stereocenters. The third kappa shape index (κ3) is 4.99. The van der Waals surface area contributed by atoms with Crippen LogP contribution in [0.15, 0.2) is 34.7 Å². The molecule has 122 valence electrons. The average Bonchev–Trinajstić information content (AvgIpc) is 3.00. The van der Waals surface area contributed by atoms with E-state index in [9.17, 15) is 9.59 Å². The first-order valence-corrected chi connectivity index (χ1v) is 6.94. The Labute approximate surface area is 132 Å². The molecule has 1 aromatic heterocycles. The summed E-state index contributed by atoms with van der Waals surface area (Å²) in [5.41, 5.74) is 1.06. The molecule has 9 nitrogen and oxygen atoms in total. The number of hydrogen-bond acceptors (Lipinski definition) is 5. The number of anilines is 1. The molecule has 0 bridgehead atoms. The number of carbonyl (C=O) groups is 2. The van der Waals surface area contributed by atoms with Gasteiger partial charge in [-0.15, -0.1) is 5.10 Å². The van der Waals surface area contributed by atoms with Gasteiger partial charge in [0.2, 0.25) is 5.89 Å². The van der Waals surface area contributed by atoms with Crippen LogP contribution in [0.4, 0.5) is 15.6 Å². The molecule has 0 aliphatic carbocycles. The quantitative estimate of drug-likeness (QED) is 0.642. The monoisotopic (exact) mass is 319 g/mol. The van der Waals surface area contributed by atoms with Crippen LogP contribution in [-0.2, 0) is 6.42 Å². The van der Waals surface area contributed by atoms with Crippen LogP contribution in [0, 0.1) is 0 Å². The highest BCUT2D eigenvalue weighted by Gasteiger charge is 2.21. The summed E-state index contributed by atoms with van der Waals surface area (Å²) in [6.07, 6.45) is -0.119. The van der Waals surface area contributed by atoms with Crippen LogP contribution >= 0.6 is 0 Å². The minimum absolute atomic E-state index is 0.0923. The number of benzene rings is 1. The SMILES string of the molecule is CNC(=O)Nc1nnc(C(CCc2ccccc2)NC(=O)O)o1. The number of carbonyl (C=O) groups excluding carboxylic acids is 1. The minimum atomic E-state index is -1.19. The first kappa shape index (κ1) is 16.3. The van der Waals surface area contributed by atoms with Crippen LogP contribution in [-0.4, -0.2) is 34.5 Å². The van der Waals surface area contributed by atoms with Gasteiger partial charge in [0.25, 0.3) is 0 Å². The molecule has 9 heteroatoms. The summed E-state index contributed by atoms with van der Waals surface area (Å²) in [5.74, 6) is 0.0923. The molecule has 1 unspecified atom stereocenters. The molecule has 0 saturated carbocycles. The largest absolute Gasteiger partial charge is 0.465 e. The van der Waals surface area contributed by atoms with Crippen molar-refractivity contribution in [3.63, 3.8) is 0 Å². The van der Waals surface area contributed by atoms with Gasteiger partial charge in [0.15, 0.2) is 0 Å². The molecule has 0 radical (unpaired) electrons. The Bertz CT molecular complexity index is 658. The van der Waals surface area contributed by atoms with E-state index in [0.717, 1.165) is 5.56 Å². The van der Waals surface area contributed by atoms with Crippen molar-refractivity contribution in [1.29, 1.82) is 0 Å². The van der Waals surface area contributed by atoms with Crippen molar-refractivity contribution in [1.82, 2.24) is 20.8 Å². The van der Waals surface area contributed by atoms with E-state index in [4.69, 9.17) is 9.52 Å². The van der Waals surface area contributed by atoms with Gasteiger partial charge in [0, 0.05) is 7.05 Å². The van der Waals surface area contributed by atoms with Gasteiger partial charge in [-0.05, 0) is 18.4 Å². The van der Waals surface area contributed by atoms with E-state index in [1.54, 1.807) is 0 Å². The molecule has 4 N–H and O–H groups in total. The van der Waals surface area contributed by atoms with Crippen LogP contribution in [0.1, 0.15) is 23.9 Å². The maximum Gasteiger partial charge on any atom is 0.405 e. The zero-order valence-corrected chi connectivity index (χ0v) is 12.4. The number of amides is 3. The van der Waals surface area contributed by atoms with Crippen LogP contribution in [0.5, 0.6) is 0 Å². The summed E-state index contributed by atoms with van der Waals surface area (Å²) in [6.45, 7) is 0. The maximum atomic E-state index is 11.2. The molecule has 1 aromatic carbocycles. The second-order valence-electron chi connectivity index (χ2n) is 4.68. The summed E-state index contributed by atoms with van der Waals surface area (Å²) in [6, 6.07) is 8.35. The van der Waals surface area contributed by atoms with E-state index >= 15 is 0 Å². The molecule has 0 aliphatic rings. The van der Waals surface area contributed by atoms with Crippen LogP contribution in [0.25, 0.3) is 0 Å². The molecule has 2 rings (SSSR count). The van der Waals surface area contributed by atoms with E-state index in [-0.39, 0.29) is 11.9 Å². The highest BCUT2D eigenvalue weighted by Crippen LogP contribution is 2.20. The van der Waals surface area contributed by atoms with Gasteiger partial charge in [-0.25, -0.2) is 9.59 Å². The van der Waals surface area contributed by atoms with Crippen molar-refractivity contribution in [2.45, 2.75) is 18.9 Å². The van der Waals surface area contributed by atoms with E-state index in [2.05, 4.69) is 26.1 Å². The number of aromatic nitrogens is 2. The molecule has 2 aromatic rings. The Morgan fingerprint density at radius 2 is 2.00 bits per heavy atom. The fourth-order valence-corrected chi connectivity index (χ4v) is 1.95. The second-order valence-corrected chi connectivity index (χ2v) is 4.68. The normalized spacial score (nSPS) is 11.5. The first-order valence-electron chi connectivity index (χ1n) is 6.94. The van der Waals surface area contributed by atoms with E-state index < -0.39 is 18.2 Å². The Morgan fingerprint density at radius 1 is 1.26 bits per heavy atom. The van der Waals surface area contributed by atoms with Crippen molar-refractivity contribution >= 4 is 18.1 Å². The number of nitrogens with one attached hydrogen (secondary N) is 3. The summed E-state index contributed by atoms with van der Waals surface area (Å²) in [5, 5.41) is 23.4. The average molecular weight is 319 g/mol. The van der Waals surface area contributed by atoms with Gasteiger partial charge >= 0.3 is 18.1 Å². The summed E-state index contributed by atoms with van der Waals surface area (Å²) in [7, 11) is 1.45. The predicted molar refractivity (Wildman–Crippen MR) is 81.0 cm³/mol. The Morgan fingerprint density at radius 3 is 2.65 bits per heavy atom. The highest BCUT2D eigenvalue weighted by atomic mass is 16.4. The van der Waals surface area contributed by atoms with Crippen molar-refractivity contribution < 1.29 is 19.1 Å². The summed E-state index contributed by atoms with van der Waals surface area (Å²) in [4.78, 5) is 22.1. The Kier molecular flexibility index (Phi) is 5.50. The molecule has 0 saturated heterocycles. The zero-order chi connectivity index (χ0) is 16.7. The molecular weight excluding hydrogens is 302 g/mol.